The van der Waals surface area contributed by atoms with Crippen molar-refractivity contribution < 1.29 is 0 Å². The fourth-order valence-corrected chi connectivity index (χ4v) is 1.68. The van der Waals surface area contributed by atoms with Crippen molar-refractivity contribution in [1.29, 1.82) is 0 Å². The molecule has 0 aliphatic rings. The van der Waals surface area contributed by atoms with E-state index in [1.807, 2.05) is 7.05 Å². The molecule has 0 aliphatic heterocycles. The van der Waals surface area contributed by atoms with Gasteiger partial charge in [0.25, 0.3) is 0 Å². The van der Waals surface area contributed by atoms with Crippen LogP contribution >= 0.6 is 0 Å². The lowest BCUT2D eigenvalue weighted by molar-refractivity contribution is 0.605. The lowest BCUT2D eigenvalue weighted by atomic mass is 10.1. The van der Waals surface area contributed by atoms with Crippen LogP contribution in [-0.4, -0.2) is 41.6 Å². The summed E-state index contributed by atoms with van der Waals surface area (Å²) in [5, 5.41) is 6.25. The third-order valence-electron chi connectivity index (χ3n) is 2.90. The predicted octanol–water partition coefficient (Wildman–Crippen LogP) is 2.22. The Hall–Kier alpha value is -1.59. The number of rotatable bonds is 8. The van der Waals surface area contributed by atoms with Crippen LogP contribution in [0, 0.1) is 5.92 Å². The summed E-state index contributed by atoms with van der Waals surface area (Å²) in [6.07, 6.45) is 1.10. The lowest BCUT2D eigenvalue weighted by Gasteiger charge is -2.19. The van der Waals surface area contributed by atoms with E-state index in [1.165, 1.54) is 0 Å². The molecule has 0 spiro atoms. The maximum Gasteiger partial charge on any atom is 0.231 e. The molecule has 1 rings (SSSR count). The van der Waals surface area contributed by atoms with Crippen LogP contribution in [0.2, 0.25) is 0 Å². The van der Waals surface area contributed by atoms with Gasteiger partial charge in [-0.05, 0) is 26.2 Å². The van der Waals surface area contributed by atoms with Gasteiger partial charge in [0.1, 0.15) is 0 Å². The summed E-state index contributed by atoms with van der Waals surface area (Å²) in [5.74, 6) is 2.63. The monoisotopic (exact) mass is 266 g/mol. The fraction of sp³-hybridized carbons (Fsp3) is 0.769. The highest BCUT2D eigenvalue weighted by atomic mass is 15.3. The molecule has 2 N–H and O–H groups in total. The lowest BCUT2D eigenvalue weighted by Crippen LogP contribution is -2.25. The number of hydrogen-bond donors (Lipinski definition) is 2. The fourth-order valence-electron chi connectivity index (χ4n) is 1.68. The minimum atomic E-state index is 0.601. The van der Waals surface area contributed by atoms with Gasteiger partial charge in [-0.15, -0.1) is 0 Å². The van der Waals surface area contributed by atoms with Gasteiger partial charge in [-0.3, -0.25) is 0 Å². The highest BCUT2D eigenvalue weighted by Crippen LogP contribution is 2.13. The standard InChI is InChI=1S/C13H26N6/c1-6-19(7-2)13-17-11(14-5)16-12(18-13)15-9-8-10(3)4/h10H,6-9H2,1-5H3,(H2,14,15,16,17,18). The predicted molar refractivity (Wildman–Crippen MR) is 80.9 cm³/mol. The zero-order valence-corrected chi connectivity index (χ0v) is 12.7. The second-order valence-electron chi connectivity index (χ2n) is 4.81. The first-order valence-electron chi connectivity index (χ1n) is 7.03. The van der Waals surface area contributed by atoms with Crippen molar-refractivity contribution in [3.63, 3.8) is 0 Å². The normalized spacial score (nSPS) is 10.6. The van der Waals surface area contributed by atoms with Gasteiger partial charge in [0, 0.05) is 26.7 Å². The van der Waals surface area contributed by atoms with Gasteiger partial charge in [0.05, 0.1) is 0 Å². The van der Waals surface area contributed by atoms with Crippen molar-refractivity contribution in [3.05, 3.63) is 0 Å². The van der Waals surface area contributed by atoms with Crippen molar-refractivity contribution in [3.8, 4) is 0 Å². The zero-order valence-electron chi connectivity index (χ0n) is 12.7. The number of nitrogens with one attached hydrogen (secondary N) is 2. The van der Waals surface area contributed by atoms with E-state index in [0.29, 0.717) is 17.8 Å². The quantitative estimate of drug-likeness (QED) is 0.752. The minimum absolute atomic E-state index is 0.601. The molecule has 108 valence electrons. The summed E-state index contributed by atoms with van der Waals surface area (Å²) in [4.78, 5) is 15.3. The molecule has 1 heterocycles. The van der Waals surface area contributed by atoms with Crippen LogP contribution in [0.1, 0.15) is 34.1 Å². The molecule has 1 aromatic heterocycles. The van der Waals surface area contributed by atoms with Gasteiger partial charge in [-0.2, -0.15) is 15.0 Å². The first kappa shape index (κ1) is 15.5. The van der Waals surface area contributed by atoms with Gasteiger partial charge in [-0.25, -0.2) is 0 Å². The Balaban J connectivity index is 2.82. The third-order valence-corrected chi connectivity index (χ3v) is 2.90. The van der Waals surface area contributed by atoms with Gasteiger partial charge in [-0.1, -0.05) is 13.8 Å². The van der Waals surface area contributed by atoms with Crippen LogP contribution < -0.4 is 15.5 Å². The van der Waals surface area contributed by atoms with Crippen molar-refractivity contribution in [2.75, 3.05) is 42.2 Å². The van der Waals surface area contributed by atoms with Gasteiger partial charge >= 0.3 is 0 Å². The minimum Gasteiger partial charge on any atom is -0.357 e. The van der Waals surface area contributed by atoms with E-state index in [0.717, 1.165) is 32.0 Å². The van der Waals surface area contributed by atoms with Gasteiger partial charge in [0.2, 0.25) is 17.8 Å². The summed E-state index contributed by atoms with van der Waals surface area (Å²) in [6, 6.07) is 0. The summed E-state index contributed by atoms with van der Waals surface area (Å²) < 4.78 is 0. The molecule has 6 heteroatoms. The van der Waals surface area contributed by atoms with Crippen molar-refractivity contribution in [1.82, 2.24) is 15.0 Å². The van der Waals surface area contributed by atoms with Crippen LogP contribution in [0.3, 0.4) is 0 Å². The zero-order chi connectivity index (χ0) is 14.3. The Morgan fingerprint density at radius 1 is 1.05 bits per heavy atom. The number of anilines is 3. The molecule has 0 atom stereocenters. The molecule has 0 saturated carbocycles. The van der Waals surface area contributed by atoms with E-state index in [2.05, 4.69) is 58.2 Å². The Morgan fingerprint density at radius 2 is 1.68 bits per heavy atom. The van der Waals surface area contributed by atoms with E-state index in [9.17, 15) is 0 Å². The molecule has 0 saturated heterocycles. The SMILES string of the molecule is CCN(CC)c1nc(NC)nc(NCCC(C)C)n1. The summed E-state index contributed by atoms with van der Waals surface area (Å²) in [6.45, 7) is 11.2. The Kier molecular flexibility index (Phi) is 6.32. The first-order valence-corrected chi connectivity index (χ1v) is 7.03. The average molecular weight is 266 g/mol. The summed E-state index contributed by atoms with van der Waals surface area (Å²) in [7, 11) is 1.82. The molecule has 0 fully saturated rings. The largest absolute Gasteiger partial charge is 0.357 e. The number of nitrogens with zero attached hydrogens (tertiary/aromatic N) is 4. The molecule has 0 aliphatic carbocycles. The van der Waals surface area contributed by atoms with Crippen LogP contribution in [0.25, 0.3) is 0 Å². The van der Waals surface area contributed by atoms with E-state index in [1.54, 1.807) is 0 Å². The molecular weight excluding hydrogens is 240 g/mol. The van der Waals surface area contributed by atoms with E-state index in [-0.39, 0.29) is 0 Å². The highest BCUT2D eigenvalue weighted by molar-refractivity contribution is 5.43. The number of aromatic nitrogens is 3. The van der Waals surface area contributed by atoms with Crippen LogP contribution in [-0.2, 0) is 0 Å². The Morgan fingerprint density at radius 3 is 2.21 bits per heavy atom. The molecule has 0 unspecified atom stereocenters. The van der Waals surface area contributed by atoms with Gasteiger partial charge < -0.3 is 15.5 Å². The highest BCUT2D eigenvalue weighted by Gasteiger charge is 2.10. The molecule has 0 radical (unpaired) electrons. The maximum absolute atomic E-state index is 4.47. The smallest absolute Gasteiger partial charge is 0.231 e. The Bertz CT molecular complexity index is 375. The summed E-state index contributed by atoms with van der Waals surface area (Å²) in [5.41, 5.74) is 0. The molecule has 1 aromatic rings. The van der Waals surface area contributed by atoms with Crippen LogP contribution in [0.4, 0.5) is 17.8 Å². The average Bonchev–Trinajstić information content (AvgIpc) is 2.39. The number of hydrogen-bond acceptors (Lipinski definition) is 6. The third kappa shape index (κ3) is 4.89. The van der Waals surface area contributed by atoms with E-state index in [4.69, 9.17) is 0 Å². The molecular formula is C13H26N6. The van der Waals surface area contributed by atoms with E-state index >= 15 is 0 Å². The molecule has 6 nitrogen and oxygen atoms in total. The topological polar surface area (TPSA) is 66.0 Å². The molecule has 0 amide bonds. The van der Waals surface area contributed by atoms with E-state index < -0.39 is 0 Å². The second-order valence-corrected chi connectivity index (χ2v) is 4.81. The summed E-state index contributed by atoms with van der Waals surface area (Å²) >= 11 is 0. The second kappa shape index (κ2) is 7.76. The first-order chi connectivity index (χ1) is 9.10. The van der Waals surface area contributed by atoms with Crippen molar-refractivity contribution in [2.24, 2.45) is 5.92 Å². The van der Waals surface area contributed by atoms with Gasteiger partial charge in [0.15, 0.2) is 0 Å². The van der Waals surface area contributed by atoms with Crippen LogP contribution in [0.5, 0.6) is 0 Å². The Labute approximate surface area is 116 Å². The molecule has 0 aromatic carbocycles. The van der Waals surface area contributed by atoms with Crippen molar-refractivity contribution >= 4 is 17.8 Å². The van der Waals surface area contributed by atoms with Crippen LogP contribution in [0.15, 0.2) is 0 Å². The molecule has 19 heavy (non-hydrogen) atoms. The van der Waals surface area contributed by atoms with Crippen molar-refractivity contribution in [2.45, 2.75) is 34.1 Å². The maximum atomic E-state index is 4.47. The molecule has 0 bridgehead atoms.